The van der Waals surface area contributed by atoms with E-state index in [0.717, 1.165) is 54.3 Å². The number of hydrogen-bond donors (Lipinski definition) is 2. The van der Waals surface area contributed by atoms with Gasteiger partial charge in [-0.25, -0.2) is 0 Å². The zero-order valence-corrected chi connectivity index (χ0v) is 16.1. The van der Waals surface area contributed by atoms with Crippen LogP contribution in [0.5, 0.6) is 0 Å². The van der Waals surface area contributed by atoms with Crippen LogP contribution in [0.25, 0.3) is 22.2 Å². The normalized spacial score (nSPS) is 20.8. The summed E-state index contributed by atoms with van der Waals surface area (Å²) >= 11 is 0. The lowest BCUT2D eigenvalue weighted by molar-refractivity contribution is 0.0717. The minimum absolute atomic E-state index is 0.0412. The van der Waals surface area contributed by atoms with Crippen molar-refractivity contribution in [2.75, 3.05) is 0 Å². The van der Waals surface area contributed by atoms with Crippen LogP contribution in [0.4, 0.5) is 0 Å². The van der Waals surface area contributed by atoms with Gasteiger partial charge >= 0.3 is 0 Å². The van der Waals surface area contributed by atoms with Gasteiger partial charge in [0.25, 0.3) is 5.91 Å². The second kappa shape index (κ2) is 8.15. The number of nitrogens with one attached hydrogen (secondary N) is 1. The summed E-state index contributed by atoms with van der Waals surface area (Å²) in [5.74, 6) is 0.330. The number of carbonyl (C=O) groups is 1. The predicted molar refractivity (Wildman–Crippen MR) is 109 cm³/mol. The summed E-state index contributed by atoms with van der Waals surface area (Å²) < 4.78 is 5.44. The van der Waals surface area contributed by atoms with Gasteiger partial charge in [0, 0.05) is 28.8 Å². The number of aliphatic hydroxyl groups is 1. The van der Waals surface area contributed by atoms with E-state index in [1.165, 1.54) is 0 Å². The Kier molecular flexibility index (Phi) is 5.44. The van der Waals surface area contributed by atoms with Crippen LogP contribution in [0.1, 0.15) is 49.4 Å². The maximum absolute atomic E-state index is 12.6. The van der Waals surface area contributed by atoms with Crippen molar-refractivity contribution in [3.63, 3.8) is 0 Å². The van der Waals surface area contributed by atoms with Crippen molar-refractivity contribution in [3.05, 3.63) is 54.4 Å². The molecule has 0 saturated heterocycles. The van der Waals surface area contributed by atoms with Crippen molar-refractivity contribution in [2.45, 2.75) is 51.2 Å². The van der Waals surface area contributed by atoms with Crippen molar-refractivity contribution < 1.29 is 14.3 Å². The van der Waals surface area contributed by atoms with Gasteiger partial charge in [0.2, 0.25) is 0 Å². The Morgan fingerprint density at radius 3 is 2.64 bits per heavy atom. The van der Waals surface area contributed by atoms with E-state index < -0.39 is 0 Å². The van der Waals surface area contributed by atoms with Crippen molar-refractivity contribution in [3.8, 4) is 11.3 Å². The van der Waals surface area contributed by atoms with E-state index in [4.69, 9.17) is 4.42 Å². The largest absolute Gasteiger partial charge is 0.464 e. The van der Waals surface area contributed by atoms with Gasteiger partial charge in [-0.2, -0.15) is 0 Å². The molecule has 146 valence electrons. The summed E-state index contributed by atoms with van der Waals surface area (Å²) in [6.07, 6.45) is 7.78. The van der Waals surface area contributed by atoms with Crippen LogP contribution in [0.15, 0.2) is 53.3 Å². The molecule has 1 unspecified atom stereocenters. The van der Waals surface area contributed by atoms with Crippen LogP contribution >= 0.6 is 0 Å². The minimum Gasteiger partial charge on any atom is -0.464 e. The van der Waals surface area contributed by atoms with E-state index in [1.54, 1.807) is 12.5 Å². The summed E-state index contributed by atoms with van der Waals surface area (Å²) in [5.41, 5.74) is 3.26. The Morgan fingerprint density at radius 1 is 1.18 bits per heavy atom. The molecule has 2 heterocycles. The van der Waals surface area contributed by atoms with Crippen LogP contribution in [-0.2, 0) is 0 Å². The fourth-order valence-corrected chi connectivity index (χ4v) is 4.15. The maximum atomic E-state index is 12.6. The predicted octanol–water partition coefficient (Wildman–Crippen LogP) is 4.55. The smallest absolute Gasteiger partial charge is 0.251 e. The molecule has 1 fully saturated rings. The summed E-state index contributed by atoms with van der Waals surface area (Å²) in [6, 6.07) is 11.5. The fraction of sp³-hybridized carbons (Fsp3) is 0.391. The summed E-state index contributed by atoms with van der Waals surface area (Å²) in [4.78, 5) is 17.1. The summed E-state index contributed by atoms with van der Waals surface area (Å²) in [5, 5.41) is 14.1. The molecule has 0 radical (unpaired) electrons. The van der Waals surface area contributed by atoms with Gasteiger partial charge in [-0.3, -0.25) is 9.78 Å². The number of aromatic nitrogens is 1. The molecular formula is C23H26N2O3. The molecule has 0 spiro atoms. The third kappa shape index (κ3) is 3.80. The van der Waals surface area contributed by atoms with Gasteiger partial charge < -0.3 is 14.8 Å². The molecule has 4 rings (SSSR count). The van der Waals surface area contributed by atoms with Crippen molar-refractivity contribution in [1.82, 2.24) is 10.3 Å². The van der Waals surface area contributed by atoms with Gasteiger partial charge in [-0.05, 0) is 62.3 Å². The second-order valence-electron chi connectivity index (χ2n) is 7.63. The topological polar surface area (TPSA) is 75.4 Å². The molecule has 0 bridgehead atoms. The molecule has 3 aromatic rings. The monoisotopic (exact) mass is 378 g/mol. The number of fused-ring (bicyclic) bond motifs is 1. The first-order chi connectivity index (χ1) is 13.7. The highest BCUT2D eigenvalue weighted by Gasteiger charge is 2.26. The third-order valence-corrected chi connectivity index (χ3v) is 5.87. The van der Waals surface area contributed by atoms with Crippen LogP contribution in [-0.4, -0.2) is 28.1 Å². The van der Waals surface area contributed by atoms with E-state index in [1.807, 2.05) is 43.3 Å². The number of carbonyl (C=O) groups excluding carboxylic acids is 1. The molecule has 28 heavy (non-hydrogen) atoms. The number of pyridine rings is 1. The van der Waals surface area contributed by atoms with Crippen molar-refractivity contribution in [1.29, 1.82) is 0 Å². The molecule has 5 nitrogen and oxygen atoms in total. The Morgan fingerprint density at radius 2 is 1.93 bits per heavy atom. The zero-order valence-electron chi connectivity index (χ0n) is 16.1. The summed E-state index contributed by atoms with van der Waals surface area (Å²) in [6.45, 7) is 2.02. The van der Waals surface area contributed by atoms with Crippen LogP contribution in [0, 0.1) is 5.92 Å². The van der Waals surface area contributed by atoms with E-state index in [-0.39, 0.29) is 18.1 Å². The van der Waals surface area contributed by atoms with Gasteiger partial charge in [-0.1, -0.05) is 19.1 Å². The highest BCUT2D eigenvalue weighted by atomic mass is 16.3. The average molecular weight is 378 g/mol. The molecule has 1 amide bonds. The number of amides is 1. The number of benzene rings is 1. The first-order valence-corrected chi connectivity index (χ1v) is 10.1. The van der Waals surface area contributed by atoms with Crippen LogP contribution < -0.4 is 5.32 Å². The Hall–Kier alpha value is -2.66. The second-order valence-corrected chi connectivity index (χ2v) is 7.63. The molecule has 5 heteroatoms. The number of aliphatic hydroxyl groups excluding tert-OH is 1. The third-order valence-electron chi connectivity index (χ3n) is 5.87. The molecular weight excluding hydrogens is 352 g/mol. The van der Waals surface area contributed by atoms with E-state index in [9.17, 15) is 9.90 Å². The Bertz CT molecular complexity index is 940. The first-order valence-electron chi connectivity index (χ1n) is 10.1. The quantitative estimate of drug-likeness (QED) is 0.683. The van der Waals surface area contributed by atoms with Gasteiger partial charge in [0.15, 0.2) is 0 Å². The van der Waals surface area contributed by atoms with E-state index >= 15 is 0 Å². The SMILES string of the molecule is CCC(O)C1CCC(NC(=O)c2ccc(-c3nccc4occc34)cc2)CC1. The van der Waals surface area contributed by atoms with Crippen LogP contribution in [0.3, 0.4) is 0 Å². The standard InChI is InChI=1S/C23H26N2O3/c1-2-20(26)15-7-9-18(10-8-15)25-23(27)17-5-3-16(4-6-17)22-19-12-14-28-21(19)11-13-24-22/h3-6,11-15,18,20,26H,2,7-10H2,1H3,(H,25,27). The highest BCUT2D eigenvalue weighted by Crippen LogP contribution is 2.29. The molecule has 1 aliphatic rings. The zero-order chi connectivity index (χ0) is 19.5. The van der Waals surface area contributed by atoms with Crippen molar-refractivity contribution >= 4 is 16.9 Å². The lowest BCUT2D eigenvalue weighted by atomic mass is 9.82. The Balaban J connectivity index is 1.40. The number of nitrogens with zero attached hydrogens (tertiary/aromatic N) is 1. The van der Waals surface area contributed by atoms with Crippen molar-refractivity contribution in [2.24, 2.45) is 5.92 Å². The number of furan rings is 1. The maximum Gasteiger partial charge on any atom is 0.251 e. The minimum atomic E-state index is -0.211. The first kappa shape index (κ1) is 18.7. The summed E-state index contributed by atoms with van der Waals surface area (Å²) in [7, 11) is 0. The molecule has 0 aliphatic heterocycles. The Labute approximate surface area is 164 Å². The lowest BCUT2D eigenvalue weighted by Gasteiger charge is -2.31. The average Bonchev–Trinajstić information content (AvgIpc) is 3.23. The highest BCUT2D eigenvalue weighted by molar-refractivity contribution is 5.96. The molecule has 1 aliphatic carbocycles. The van der Waals surface area contributed by atoms with Gasteiger partial charge in [0.05, 0.1) is 18.1 Å². The van der Waals surface area contributed by atoms with Gasteiger partial charge in [0.1, 0.15) is 5.58 Å². The number of rotatable bonds is 5. The van der Waals surface area contributed by atoms with E-state index in [0.29, 0.717) is 11.5 Å². The van der Waals surface area contributed by atoms with Gasteiger partial charge in [-0.15, -0.1) is 0 Å². The lowest BCUT2D eigenvalue weighted by Crippen LogP contribution is -2.39. The molecule has 1 saturated carbocycles. The number of hydrogen-bond acceptors (Lipinski definition) is 4. The molecule has 1 aromatic carbocycles. The van der Waals surface area contributed by atoms with Crippen LogP contribution in [0.2, 0.25) is 0 Å². The fourth-order valence-electron chi connectivity index (χ4n) is 4.15. The molecule has 1 atom stereocenters. The molecule has 2 aromatic heterocycles. The molecule has 2 N–H and O–H groups in total. The van der Waals surface area contributed by atoms with E-state index in [2.05, 4.69) is 10.3 Å².